The number of carbonyl (C=O) groups excluding carboxylic acids is 3. The first-order chi connectivity index (χ1) is 17.2. The van der Waals surface area contributed by atoms with E-state index in [0.29, 0.717) is 29.1 Å². The minimum atomic E-state index is -1.01. The summed E-state index contributed by atoms with van der Waals surface area (Å²) < 4.78 is 16.1. The highest BCUT2D eigenvalue weighted by Gasteiger charge is 2.47. The van der Waals surface area contributed by atoms with Gasteiger partial charge < -0.3 is 24.6 Å². The van der Waals surface area contributed by atoms with E-state index in [4.69, 9.17) is 25.8 Å². The lowest BCUT2D eigenvalue weighted by Gasteiger charge is -2.38. The molecule has 36 heavy (non-hydrogen) atoms. The van der Waals surface area contributed by atoms with Crippen LogP contribution in [-0.4, -0.2) is 54.7 Å². The molecule has 3 atom stereocenters. The van der Waals surface area contributed by atoms with E-state index in [0.717, 1.165) is 5.75 Å². The molecular formula is C26H32ClNO7S. The number of allylic oxidation sites excluding steroid dienone is 3. The van der Waals surface area contributed by atoms with E-state index in [2.05, 4.69) is 5.32 Å². The minimum Gasteiger partial charge on any atom is -0.503 e. The SMILES string of the molecule is CCOc1cc([C@H]2C(C(=O)OCCSCC)=C(C)NC3=C2C(=O)[C@@H](C(=O)OC)[C@H](C)C3)cc(Cl)c1O. The molecule has 0 amide bonds. The number of thioether (sulfide) groups is 1. The van der Waals surface area contributed by atoms with Gasteiger partial charge in [-0.15, -0.1) is 0 Å². The van der Waals surface area contributed by atoms with Crippen LogP contribution in [0, 0.1) is 11.8 Å². The van der Waals surface area contributed by atoms with Crippen LogP contribution in [0.15, 0.2) is 34.7 Å². The molecule has 1 aliphatic carbocycles. The number of methoxy groups -OCH3 is 1. The molecule has 0 fully saturated rings. The van der Waals surface area contributed by atoms with Crippen molar-refractivity contribution in [2.24, 2.45) is 11.8 Å². The molecule has 8 nitrogen and oxygen atoms in total. The number of aromatic hydroxyl groups is 1. The van der Waals surface area contributed by atoms with Gasteiger partial charge in [0, 0.05) is 28.6 Å². The number of rotatable bonds is 9. The van der Waals surface area contributed by atoms with Crippen molar-refractivity contribution in [2.45, 2.75) is 40.0 Å². The van der Waals surface area contributed by atoms with Crippen molar-refractivity contribution in [3.8, 4) is 11.5 Å². The molecule has 3 rings (SSSR count). The lowest BCUT2D eigenvalue weighted by molar-refractivity contribution is -0.151. The predicted octanol–water partition coefficient (Wildman–Crippen LogP) is 4.35. The Morgan fingerprint density at radius 3 is 2.64 bits per heavy atom. The fourth-order valence-electron chi connectivity index (χ4n) is 4.73. The van der Waals surface area contributed by atoms with Gasteiger partial charge >= 0.3 is 11.9 Å². The quantitative estimate of drug-likeness (QED) is 0.269. The van der Waals surface area contributed by atoms with Crippen LogP contribution in [0.5, 0.6) is 11.5 Å². The van der Waals surface area contributed by atoms with E-state index in [-0.39, 0.29) is 46.8 Å². The number of dihydropyridines is 1. The molecule has 10 heteroatoms. The van der Waals surface area contributed by atoms with Crippen LogP contribution in [-0.2, 0) is 23.9 Å². The van der Waals surface area contributed by atoms with Crippen LogP contribution >= 0.6 is 23.4 Å². The van der Waals surface area contributed by atoms with E-state index in [1.165, 1.54) is 13.2 Å². The van der Waals surface area contributed by atoms with Crippen molar-refractivity contribution in [1.29, 1.82) is 0 Å². The normalized spacial score (nSPS) is 21.6. The smallest absolute Gasteiger partial charge is 0.336 e. The molecule has 1 aromatic carbocycles. The molecule has 0 radical (unpaired) electrons. The monoisotopic (exact) mass is 537 g/mol. The lowest BCUT2D eigenvalue weighted by Crippen LogP contribution is -2.43. The second-order valence-electron chi connectivity index (χ2n) is 8.65. The third-order valence-corrected chi connectivity index (χ3v) is 7.46. The Morgan fingerprint density at radius 1 is 1.28 bits per heavy atom. The maximum absolute atomic E-state index is 13.8. The second-order valence-corrected chi connectivity index (χ2v) is 10.5. The van der Waals surface area contributed by atoms with E-state index in [9.17, 15) is 19.5 Å². The van der Waals surface area contributed by atoms with Crippen LogP contribution in [0.25, 0.3) is 0 Å². The first-order valence-electron chi connectivity index (χ1n) is 11.9. The number of Topliss-reactive ketones (excluding diaryl/α,β-unsaturated/α-hetero) is 1. The Balaban J connectivity index is 2.17. The molecule has 0 aromatic heterocycles. The van der Waals surface area contributed by atoms with Crippen LogP contribution in [0.3, 0.4) is 0 Å². The zero-order valence-corrected chi connectivity index (χ0v) is 22.7. The highest BCUT2D eigenvalue weighted by atomic mass is 35.5. The van der Waals surface area contributed by atoms with Crippen LogP contribution in [0.4, 0.5) is 0 Å². The fourth-order valence-corrected chi connectivity index (χ4v) is 5.43. The van der Waals surface area contributed by atoms with Crippen molar-refractivity contribution >= 4 is 41.1 Å². The maximum atomic E-state index is 13.8. The number of phenols is 1. The number of ether oxygens (including phenoxy) is 3. The molecule has 2 aliphatic rings. The molecule has 0 spiro atoms. The number of ketones is 1. The number of phenolic OH excluding ortho intramolecular Hbond substituents is 1. The number of nitrogens with one attached hydrogen (secondary N) is 1. The Bertz CT molecular complexity index is 1110. The topological polar surface area (TPSA) is 111 Å². The van der Waals surface area contributed by atoms with Gasteiger partial charge in [-0.25, -0.2) is 4.79 Å². The Morgan fingerprint density at radius 2 is 2.00 bits per heavy atom. The van der Waals surface area contributed by atoms with E-state index >= 15 is 0 Å². The first-order valence-corrected chi connectivity index (χ1v) is 13.4. The van der Waals surface area contributed by atoms with Crippen LogP contribution in [0.1, 0.15) is 45.6 Å². The van der Waals surface area contributed by atoms with Gasteiger partial charge in [-0.3, -0.25) is 9.59 Å². The summed E-state index contributed by atoms with van der Waals surface area (Å²) in [6, 6.07) is 3.07. The summed E-state index contributed by atoms with van der Waals surface area (Å²) in [6.45, 7) is 7.84. The highest BCUT2D eigenvalue weighted by Crippen LogP contribution is 2.48. The van der Waals surface area contributed by atoms with Gasteiger partial charge in [0.2, 0.25) is 0 Å². The Hall–Kier alpha value is -2.65. The average molecular weight is 538 g/mol. The van der Waals surface area contributed by atoms with Crippen molar-refractivity contribution in [3.63, 3.8) is 0 Å². The summed E-state index contributed by atoms with van der Waals surface area (Å²) in [4.78, 5) is 39.7. The fraction of sp³-hybridized carbons (Fsp3) is 0.500. The summed E-state index contributed by atoms with van der Waals surface area (Å²) in [5.74, 6) is -2.37. The van der Waals surface area contributed by atoms with Gasteiger partial charge in [0.05, 0.1) is 24.3 Å². The van der Waals surface area contributed by atoms with Gasteiger partial charge in [0.25, 0.3) is 0 Å². The van der Waals surface area contributed by atoms with Gasteiger partial charge in [-0.05, 0) is 49.6 Å². The summed E-state index contributed by atoms with van der Waals surface area (Å²) in [5, 5.41) is 13.6. The molecular weight excluding hydrogens is 506 g/mol. The number of hydrogen-bond acceptors (Lipinski definition) is 9. The molecule has 0 saturated heterocycles. The third-order valence-electron chi connectivity index (χ3n) is 6.31. The van der Waals surface area contributed by atoms with Crippen LogP contribution in [0.2, 0.25) is 5.02 Å². The summed E-state index contributed by atoms with van der Waals surface area (Å²) in [6.07, 6.45) is 0.411. The minimum absolute atomic E-state index is 0.0162. The van der Waals surface area contributed by atoms with Gasteiger partial charge in [-0.2, -0.15) is 11.8 Å². The molecule has 0 unspecified atom stereocenters. The number of halogens is 1. The number of benzene rings is 1. The Labute approximate surface area is 220 Å². The third kappa shape index (κ3) is 5.52. The lowest BCUT2D eigenvalue weighted by atomic mass is 9.69. The van der Waals surface area contributed by atoms with E-state index in [1.54, 1.807) is 31.7 Å². The summed E-state index contributed by atoms with van der Waals surface area (Å²) >= 11 is 7.98. The molecule has 196 valence electrons. The highest BCUT2D eigenvalue weighted by molar-refractivity contribution is 7.99. The maximum Gasteiger partial charge on any atom is 0.336 e. The molecule has 0 saturated carbocycles. The zero-order valence-electron chi connectivity index (χ0n) is 21.1. The largest absolute Gasteiger partial charge is 0.503 e. The molecule has 1 aliphatic heterocycles. The number of hydrogen-bond donors (Lipinski definition) is 2. The molecule has 2 N–H and O–H groups in total. The molecule has 0 bridgehead atoms. The van der Waals surface area contributed by atoms with Crippen LogP contribution < -0.4 is 10.1 Å². The van der Waals surface area contributed by atoms with Crippen molar-refractivity contribution in [1.82, 2.24) is 5.32 Å². The molecule has 1 aromatic rings. The second kappa shape index (κ2) is 12.1. The van der Waals surface area contributed by atoms with Crippen molar-refractivity contribution < 1.29 is 33.7 Å². The number of carbonyl (C=O) groups is 3. The molecule has 1 heterocycles. The van der Waals surface area contributed by atoms with Gasteiger partial charge in [0.1, 0.15) is 12.5 Å². The summed E-state index contributed by atoms with van der Waals surface area (Å²) in [5.41, 5.74) is 2.18. The average Bonchev–Trinajstić information content (AvgIpc) is 2.83. The van der Waals surface area contributed by atoms with Crippen molar-refractivity contribution in [2.75, 3.05) is 31.8 Å². The van der Waals surface area contributed by atoms with Crippen molar-refractivity contribution in [3.05, 3.63) is 45.3 Å². The summed E-state index contributed by atoms with van der Waals surface area (Å²) in [7, 11) is 1.25. The zero-order chi connectivity index (χ0) is 26.6. The van der Waals surface area contributed by atoms with Gasteiger partial charge in [-0.1, -0.05) is 25.4 Å². The Kier molecular flexibility index (Phi) is 9.35. The number of esters is 2. The standard InChI is InChI=1S/C26H32ClNO7S/c1-6-34-18-12-15(11-16(27)23(18)29)21-20(26(32)35-8-9-36-7-2)14(4)28-17-10-13(3)19(25(31)33-5)24(30)22(17)21/h11-13,19,21,28-29H,6-10H2,1-5H3/t13-,19+,21+/m1/s1. The van der Waals surface area contributed by atoms with Gasteiger partial charge in [0.15, 0.2) is 17.3 Å². The van der Waals surface area contributed by atoms with E-state index < -0.39 is 29.6 Å². The van der Waals surface area contributed by atoms with E-state index in [1.807, 2.05) is 13.8 Å². The predicted molar refractivity (Wildman–Crippen MR) is 138 cm³/mol. The first kappa shape index (κ1) is 27.9.